The summed E-state index contributed by atoms with van der Waals surface area (Å²) in [5, 5.41) is 33.8. The molecule has 0 aliphatic carbocycles. The molecule has 9 heteroatoms. The predicted molar refractivity (Wildman–Crippen MR) is 74.4 cm³/mol. The Kier molecular flexibility index (Phi) is 3.98. The van der Waals surface area contributed by atoms with E-state index in [1.807, 2.05) is 0 Å². The number of nitro benzene ring substituents is 2. The maximum atomic E-state index is 11.3. The predicted octanol–water partition coefficient (Wildman–Crippen LogP) is 0.776. The Hall–Kier alpha value is -2.71. The molecule has 2 rings (SSSR count). The number of benzene rings is 1. The van der Waals surface area contributed by atoms with Gasteiger partial charge in [0.2, 0.25) is 0 Å². The number of nitrogens with zero attached hydrogens (tertiary/aromatic N) is 3. The second-order valence-corrected chi connectivity index (χ2v) is 5.49. The van der Waals surface area contributed by atoms with Gasteiger partial charge in [-0.25, -0.2) is 0 Å². The van der Waals surface area contributed by atoms with Crippen LogP contribution in [0.2, 0.25) is 0 Å². The van der Waals surface area contributed by atoms with Crippen LogP contribution in [0.5, 0.6) is 0 Å². The molecule has 2 atom stereocenters. The highest BCUT2D eigenvalue weighted by Gasteiger charge is 2.39. The van der Waals surface area contributed by atoms with Crippen molar-refractivity contribution in [3.05, 3.63) is 37.9 Å². The van der Waals surface area contributed by atoms with Crippen molar-refractivity contribution in [1.82, 2.24) is 0 Å². The van der Waals surface area contributed by atoms with Crippen molar-refractivity contribution in [1.29, 1.82) is 0 Å². The molecular formula is C13H14N3O6-. The van der Waals surface area contributed by atoms with Gasteiger partial charge in [0, 0.05) is 18.7 Å². The van der Waals surface area contributed by atoms with Crippen molar-refractivity contribution in [3.8, 4) is 0 Å². The van der Waals surface area contributed by atoms with Crippen molar-refractivity contribution in [2.45, 2.75) is 26.3 Å². The van der Waals surface area contributed by atoms with Gasteiger partial charge in [0.25, 0.3) is 11.4 Å². The Labute approximate surface area is 125 Å². The number of hydrogen-bond donors (Lipinski definition) is 0. The van der Waals surface area contributed by atoms with Crippen molar-refractivity contribution < 1.29 is 19.7 Å². The zero-order chi connectivity index (χ0) is 16.6. The van der Waals surface area contributed by atoms with Crippen LogP contribution in [-0.4, -0.2) is 28.4 Å². The van der Waals surface area contributed by atoms with Gasteiger partial charge < -0.3 is 14.8 Å². The van der Waals surface area contributed by atoms with Gasteiger partial charge in [-0.3, -0.25) is 20.2 Å². The van der Waals surface area contributed by atoms with E-state index in [4.69, 9.17) is 0 Å². The fraction of sp³-hybridized carbons (Fsp3) is 0.462. The molecule has 0 unspecified atom stereocenters. The number of aryl methyl sites for hydroxylation is 1. The summed E-state index contributed by atoms with van der Waals surface area (Å²) in [5.74, 6) is -1.46. The van der Waals surface area contributed by atoms with E-state index in [-0.39, 0.29) is 24.6 Å². The number of rotatable bonds is 4. The standard InChI is InChI=1S/C13H15N3O6/c1-7-3-9(15(19)20)12(10(4-7)16(21)22)14-6-8(2)5-11(14)13(17)18/h3-4,8,11H,5-6H2,1-2H3,(H,17,18)/p-1/t8-,11-/m1/s1. The molecule has 1 saturated heterocycles. The summed E-state index contributed by atoms with van der Waals surface area (Å²) in [5.41, 5.74) is -0.836. The molecule has 0 N–H and O–H groups in total. The van der Waals surface area contributed by atoms with Crippen LogP contribution in [-0.2, 0) is 4.79 Å². The molecule has 22 heavy (non-hydrogen) atoms. The van der Waals surface area contributed by atoms with Gasteiger partial charge in [0.1, 0.15) is 0 Å². The highest BCUT2D eigenvalue weighted by molar-refractivity contribution is 5.84. The van der Waals surface area contributed by atoms with Crippen molar-refractivity contribution in [3.63, 3.8) is 0 Å². The molecule has 1 aliphatic rings. The lowest BCUT2D eigenvalue weighted by Crippen LogP contribution is -2.44. The van der Waals surface area contributed by atoms with Crippen LogP contribution in [0.4, 0.5) is 17.1 Å². The molecule has 9 nitrogen and oxygen atoms in total. The maximum Gasteiger partial charge on any atom is 0.299 e. The number of carbonyl (C=O) groups is 1. The van der Waals surface area contributed by atoms with Crippen LogP contribution < -0.4 is 10.0 Å². The van der Waals surface area contributed by atoms with Gasteiger partial charge >= 0.3 is 0 Å². The molecule has 0 amide bonds. The summed E-state index contributed by atoms with van der Waals surface area (Å²) in [6, 6.07) is 1.30. The van der Waals surface area contributed by atoms with E-state index in [0.29, 0.717) is 5.56 Å². The molecule has 1 heterocycles. The third-order valence-corrected chi connectivity index (χ3v) is 3.68. The minimum Gasteiger partial charge on any atom is -0.548 e. The molecule has 0 radical (unpaired) electrons. The van der Waals surface area contributed by atoms with E-state index < -0.39 is 33.2 Å². The summed E-state index contributed by atoms with van der Waals surface area (Å²) in [4.78, 5) is 33.5. The summed E-state index contributed by atoms with van der Waals surface area (Å²) >= 11 is 0. The van der Waals surface area contributed by atoms with E-state index in [1.165, 1.54) is 24.0 Å². The number of hydrogen-bond acceptors (Lipinski definition) is 7. The molecule has 1 aliphatic heterocycles. The average molecular weight is 308 g/mol. The molecule has 0 aromatic heterocycles. The smallest absolute Gasteiger partial charge is 0.299 e. The fourth-order valence-electron chi connectivity index (χ4n) is 2.83. The molecule has 1 aromatic carbocycles. The zero-order valence-corrected chi connectivity index (χ0v) is 12.0. The normalized spacial score (nSPS) is 20.9. The Balaban J connectivity index is 2.69. The summed E-state index contributed by atoms with van der Waals surface area (Å²) in [6.45, 7) is 3.47. The van der Waals surface area contributed by atoms with E-state index >= 15 is 0 Å². The highest BCUT2D eigenvalue weighted by Crippen LogP contribution is 2.42. The second-order valence-electron chi connectivity index (χ2n) is 5.49. The molecule has 0 spiro atoms. The SMILES string of the molecule is Cc1cc([N+](=O)[O-])c(N2C[C@H](C)C[C@@H]2C(=O)[O-])c([N+](=O)[O-])c1. The largest absolute Gasteiger partial charge is 0.548 e. The number of carboxylic acids is 1. The van der Waals surface area contributed by atoms with Gasteiger partial charge in [-0.2, -0.15) is 0 Å². The number of aliphatic carboxylic acids is 1. The van der Waals surface area contributed by atoms with Crippen LogP contribution in [0.15, 0.2) is 12.1 Å². The lowest BCUT2D eigenvalue weighted by Gasteiger charge is -2.26. The lowest BCUT2D eigenvalue weighted by atomic mass is 10.1. The van der Waals surface area contributed by atoms with E-state index in [0.717, 1.165) is 0 Å². The van der Waals surface area contributed by atoms with Gasteiger partial charge in [0.15, 0.2) is 5.69 Å². The lowest BCUT2D eigenvalue weighted by molar-refractivity contribution is -0.392. The summed E-state index contributed by atoms with van der Waals surface area (Å²) < 4.78 is 0. The zero-order valence-electron chi connectivity index (χ0n) is 12.0. The monoisotopic (exact) mass is 308 g/mol. The first-order chi connectivity index (χ1) is 10.2. The topological polar surface area (TPSA) is 130 Å². The third-order valence-electron chi connectivity index (χ3n) is 3.68. The van der Waals surface area contributed by atoms with Crippen LogP contribution in [0.1, 0.15) is 18.9 Å². The van der Waals surface area contributed by atoms with Gasteiger partial charge in [-0.05, 0) is 24.8 Å². The quantitative estimate of drug-likeness (QED) is 0.593. The van der Waals surface area contributed by atoms with Crippen molar-refractivity contribution in [2.75, 3.05) is 11.4 Å². The first-order valence-electron chi connectivity index (χ1n) is 6.63. The number of carbonyl (C=O) groups excluding carboxylic acids is 1. The fourth-order valence-corrected chi connectivity index (χ4v) is 2.83. The number of anilines is 1. The van der Waals surface area contributed by atoms with Gasteiger partial charge in [0.05, 0.1) is 21.9 Å². The van der Waals surface area contributed by atoms with E-state index in [9.17, 15) is 30.1 Å². The number of nitro groups is 2. The maximum absolute atomic E-state index is 11.3. The van der Waals surface area contributed by atoms with Gasteiger partial charge in [-0.15, -0.1) is 0 Å². The molecular weight excluding hydrogens is 294 g/mol. The molecule has 1 fully saturated rings. The Morgan fingerprint density at radius 3 is 2.14 bits per heavy atom. The van der Waals surface area contributed by atoms with E-state index in [2.05, 4.69) is 0 Å². The van der Waals surface area contributed by atoms with Crippen LogP contribution in [0, 0.1) is 33.1 Å². The first-order valence-corrected chi connectivity index (χ1v) is 6.63. The molecule has 1 aromatic rings. The van der Waals surface area contributed by atoms with Crippen LogP contribution in [0.3, 0.4) is 0 Å². The highest BCUT2D eigenvalue weighted by atomic mass is 16.6. The van der Waals surface area contributed by atoms with Crippen molar-refractivity contribution >= 4 is 23.0 Å². The summed E-state index contributed by atoms with van der Waals surface area (Å²) in [7, 11) is 0. The minimum absolute atomic E-state index is 0.0663. The number of carboxylic acid groups (broad SMARTS) is 1. The average Bonchev–Trinajstić information content (AvgIpc) is 2.79. The van der Waals surface area contributed by atoms with E-state index in [1.54, 1.807) is 6.92 Å². The molecule has 118 valence electrons. The van der Waals surface area contributed by atoms with Crippen LogP contribution in [0.25, 0.3) is 0 Å². The molecule has 0 saturated carbocycles. The summed E-state index contributed by atoms with van der Waals surface area (Å²) in [6.07, 6.45) is 0.227. The second kappa shape index (κ2) is 5.58. The first kappa shape index (κ1) is 15.7. The Morgan fingerprint density at radius 1 is 1.23 bits per heavy atom. The Morgan fingerprint density at radius 2 is 1.73 bits per heavy atom. The third kappa shape index (κ3) is 2.69. The van der Waals surface area contributed by atoms with Gasteiger partial charge in [-0.1, -0.05) is 6.92 Å². The van der Waals surface area contributed by atoms with Crippen molar-refractivity contribution in [2.24, 2.45) is 5.92 Å². The molecule has 0 bridgehead atoms. The Bertz CT molecular complexity index is 624. The minimum atomic E-state index is -1.39. The van der Waals surface area contributed by atoms with Crippen LogP contribution >= 0.6 is 0 Å².